The Morgan fingerprint density at radius 2 is 1.74 bits per heavy atom. The van der Waals surface area contributed by atoms with Crippen molar-refractivity contribution in [1.82, 2.24) is 5.32 Å². The van der Waals surface area contributed by atoms with Crippen molar-refractivity contribution in [2.75, 3.05) is 7.11 Å². The van der Waals surface area contributed by atoms with E-state index < -0.39 is 0 Å². The van der Waals surface area contributed by atoms with E-state index in [9.17, 15) is 4.79 Å². The number of nitrogens with one attached hydrogen (secondary N) is 1. The van der Waals surface area contributed by atoms with Crippen molar-refractivity contribution in [3.63, 3.8) is 0 Å². The lowest BCUT2D eigenvalue weighted by molar-refractivity contribution is 0.0965. The summed E-state index contributed by atoms with van der Waals surface area (Å²) in [5.41, 5.74) is 3.76. The number of methoxy groups -OCH3 is 1. The van der Waals surface area contributed by atoms with E-state index in [1.807, 2.05) is 36.4 Å². The number of ether oxygens (including phenoxy) is 1. The zero-order valence-electron chi connectivity index (χ0n) is 12.7. The average molecular weight is 326 g/mol. The van der Waals surface area contributed by atoms with E-state index in [4.69, 9.17) is 16.3 Å². The van der Waals surface area contributed by atoms with E-state index in [1.165, 1.54) is 5.57 Å². The number of allylic oxidation sites excluding steroid dienone is 3. The highest BCUT2D eigenvalue weighted by Crippen LogP contribution is 2.28. The Kier molecular flexibility index (Phi) is 4.49. The molecule has 3 rings (SSSR count). The van der Waals surface area contributed by atoms with E-state index in [2.05, 4.69) is 5.32 Å². The van der Waals surface area contributed by atoms with Gasteiger partial charge in [-0.05, 0) is 53.6 Å². The fourth-order valence-corrected chi connectivity index (χ4v) is 2.56. The van der Waals surface area contributed by atoms with E-state index in [0.29, 0.717) is 17.0 Å². The molecule has 4 heteroatoms. The Morgan fingerprint density at radius 1 is 1.04 bits per heavy atom. The highest BCUT2D eigenvalue weighted by molar-refractivity contribution is 6.30. The van der Waals surface area contributed by atoms with Crippen molar-refractivity contribution in [1.29, 1.82) is 0 Å². The molecule has 0 spiro atoms. The van der Waals surface area contributed by atoms with Crippen molar-refractivity contribution >= 4 is 23.1 Å². The molecular weight excluding hydrogens is 310 g/mol. The van der Waals surface area contributed by atoms with Crippen LogP contribution >= 0.6 is 11.6 Å². The molecule has 1 amide bonds. The van der Waals surface area contributed by atoms with Gasteiger partial charge in [0.2, 0.25) is 0 Å². The zero-order valence-corrected chi connectivity index (χ0v) is 13.4. The van der Waals surface area contributed by atoms with Gasteiger partial charge in [-0.25, -0.2) is 0 Å². The third kappa shape index (κ3) is 3.63. The molecule has 0 bridgehead atoms. The van der Waals surface area contributed by atoms with Gasteiger partial charge in [0.15, 0.2) is 0 Å². The number of halogens is 1. The maximum Gasteiger partial charge on any atom is 0.255 e. The quantitative estimate of drug-likeness (QED) is 0.902. The molecule has 0 unspecified atom stereocenters. The molecule has 0 aliphatic heterocycles. The minimum absolute atomic E-state index is 0.128. The van der Waals surface area contributed by atoms with Crippen LogP contribution in [0.3, 0.4) is 0 Å². The van der Waals surface area contributed by atoms with Gasteiger partial charge < -0.3 is 10.1 Å². The summed E-state index contributed by atoms with van der Waals surface area (Å²) in [4.78, 5) is 12.2. The lowest BCUT2D eigenvalue weighted by atomic mass is 10.0. The normalized spacial score (nSPS) is 13.3. The summed E-state index contributed by atoms with van der Waals surface area (Å²) in [7, 11) is 1.65. The Bertz CT molecular complexity index is 774. The number of carbonyl (C=O) groups excluding carboxylic acids is 1. The average Bonchev–Trinajstić information content (AvgIpc) is 3.04. The van der Waals surface area contributed by atoms with Crippen LogP contribution in [0, 0.1) is 0 Å². The predicted molar refractivity (Wildman–Crippen MR) is 92.6 cm³/mol. The van der Waals surface area contributed by atoms with E-state index in [1.54, 1.807) is 31.4 Å². The minimum Gasteiger partial charge on any atom is -0.497 e. The molecule has 2 aromatic rings. The first-order valence-electron chi connectivity index (χ1n) is 7.27. The van der Waals surface area contributed by atoms with Crippen LogP contribution in [-0.2, 0) is 0 Å². The molecule has 0 aromatic heterocycles. The van der Waals surface area contributed by atoms with Crippen LogP contribution in [0.4, 0.5) is 0 Å². The standard InChI is InChI=1S/C19H16ClNO2/c1-23-18-10-5-13(6-11-18)15-4-9-17(12-15)21-19(22)14-2-7-16(20)8-3-14/h2-11H,12H2,1H3,(H,21,22). The van der Waals surface area contributed by atoms with Crippen molar-refractivity contribution in [2.45, 2.75) is 6.42 Å². The summed E-state index contributed by atoms with van der Waals surface area (Å²) < 4.78 is 5.16. The van der Waals surface area contributed by atoms with Gasteiger partial charge in [-0.2, -0.15) is 0 Å². The first-order valence-corrected chi connectivity index (χ1v) is 7.64. The summed E-state index contributed by atoms with van der Waals surface area (Å²) in [5, 5.41) is 3.56. The number of rotatable bonds is 4. The Morgan fingerprint density at radius 3 is 2.39 bits per heavy atom. The van der Waals surface area contributed by atoms with Gasteiger partial charge in [0, 0.05) is 22.7 Å². The number of carbonyl (C=O) groups is 1. The first kappa shape index (κ1) is 15.4. The predicted octanol–water partition coefficient (Wildman–Crippen LogP) is 4.45. The number of benzene rings is 2. The monoisotopic (exact) mass is 325 g/mol. The van der Waals surface area contributed by atoms with Crippen LogP contribution in [0.2, 0.25) is 5.02 Å². The zero-order chi connectivity index (χ0) is 16.2. The Hall–Kier alpha value is -2.52. The molecule has 1 aliphatic carbocycles. The van der Waals surface area contributed by atoms with Gasteiger partial charge in [-0.1, -0.05) is 29.8 Å². The molecule has 0 radical (unpaired) electrons. The number of hydrogen-bond acceptors (Lipinski definition) is 2. The molecule has 0 saturated carbocycles. The van der Waals surface area contributed by atoms with Crippen molar-refractivity contribution in [2.24, 2.45) is 0 Å². The van der Waals surface area contributed by atoms with Crippen molar-refractivity contribution in [3.8, 4) is 5.75 Å². The van der Waals surface area contributed by atoms with E-state index in [0.717, 1.165) is 17.0 Å². The number of hydrogen-bond donors (Lipinski definition) is 1. The Labute approximate surface area is 140 Å². The second-order valence-corrected chi connectivity index (χ2v) is 5.69. The fourth-order valence-electron chi connectivity index (χ4n) is 2.43. The van der Waals surface area contributed by atoms with Crippen LogP contribution in [0.25, 0.3) is 5.57 Å². The fraction of sp³-hybridized carbons (Fsp3) is 0.105. The van der Waals surface area contributed by atoms with Gasteiger partial charge in [-0.3, -0.25) is 4.79 Å². The number of amides is 1. The second kappa shape index (κ2) is 6.71. The van der Waals surface area contributed by atoms with Gasteiger partial charge >= 0.3 is 0 Å². The summed E-state index contributed by atoms with van der Waals surface area (Å²) in [6.45, 7) is 0. The highest BCUT2D eigenvalue weighted by Gasteiger charge is 2.14. The van der Waals surface area contributed by atoms with Crippen LogP contribution in [0.15, 0.2) is 66.4 Å². The largest absolute Gasteiger partial charge is 0.497 e. The van der Waals surface area contributed by atoms with Crippen LogP contribution in [0.5, 0.6) is 5.75 Å². The van der Waals surface area contributed by atoms with Crippen molar-refractivity contribution in [3.05, 3.63) is 82.5 Å². The second-order valence-electron chi connectivity index (χ2n) is 5.25. The summed E-state index contributed by atoms with van der Waals surface area (Å²) in [6, 6.07) is 14.7. The molecule has 3 nitrogen and oxygen atoms in total. The van der Waals surface area contributed by atoms with Gasteiger partial charge in [0.1, 0.15) is 5.75 Å². The Balaban J connectivity index is 1.62. The van der Waals surface area contributed by atoms with Crippen molar-refractivity contribution < 1.29 is 9.53 Å². The summed E-state index contributed by atoms with van der Waals surface area (Å²) in [5.74, 6) is 0.703. The smallest absolute Gasteiger partial charge is 0.255 e. The van der Waals surface area contributed by atoms with Crippen LogP contribution < -0.4 is 10.1 Å². The molecule has 1 N–H and O–H groups in total. The molecule has 0 fully saturated rings. The molecular formula is C19H16ClNO2. The van der Waals surface area contributed by atoms with Gasteiger partial charge in [0.05, 0.1) is 7.11 Å². The molecule has 1 aliphatic rings. The topological polar surface area (TPSA) is 38.3 Å². The first-order chi connectivity index (χ1) is 11.2. The molecule has 0 atom stereocenters. The van der Waals surface area contributed by atoms with Gasteiger partial charge in [-0.15, -0.1) is 0 Å². The molecule has 2 aromatic carbocycles. The molecule has 116 valence electrons. The molecule has 23 heavy (non-hydrogen) atoms. The SMILES string of the molecule is COc1ccc(C2=CC=C(NC(=O)c3ccc(Cl)cc3)C2)cc1. The highest BCUT2D eigenvalue weighted by atomic mass is 35.5. The van der Waals surface area contributed by atoms with Crippen LogP contribution in [0.1, 0.15) is 22.3 Å². The van der Waals surface area contributed by atoms with E-state index in [-0.39, 0.29) is 5.91 Å². The third-order valence-corrected chi connectivity index (χ3v) is 3.96. The summed E-state index contributed by atoms with van der Waals surface area (Å²) >= 11 is 5.83. The molecule has 0 heterocycles. The van der Waals surface area contributed by atoms with Gasteiger partial charge in [0.25, 0.3) is 5.91 Å². The minimum atomic E-state index is -0.128. The maximum absolute atomic E-state index is 12.2. The lowest BCUT2D eigenvalue weighted by Gasteiger charge is -2.09. The van der Waals surface area contributed by atoms with E-state index >= 15 is 0 Å². The van der Waals surface area contributed by atoms with Crippen LogP contribution in [-0.4, -0.2) is 13.0 Å². The summed E-state index contributed by atoms with van der Waals surface area (Å²) in [6.07, 6.45) is 4.67. The lowest BCUT2D eigenvalue weighted by Crippen LogP contribution is -2.22. The molecule has 0 saturated heterocycles. The maximum atomic E-state index is 12.2. The third-order valence-electron chi connectivity index (χ3n) is 3.71.